The fraction of sp³-hybridized carbons (Fsp3) is 0.350. The zero-order valence-corrected chi connectivity index (χ0v) is 15.9. The molecular weight excluding hydrogens is 362 g/mol. The smallest absolute Gasteiger partial charge is 0.226 e. The molecule has 2 aromatic heterocycles. The van der Waals surface area contributed by atoms with Crippen molar-refractivity contribution >= 4 is 5.91 Å². The molecule has 0 bridgehead atoms. The van der Waals surface area contributed by atoms with E-state index in [1.165, 1.54) is 0 Å². The number of aryl methyl sites for hydroxylation is 1. The van der Waals surface area contributed by atoms with E-state index in [-0.39, 0.29) is 5.91 Å². The predicted molar refractivity (Wildman–Crippen MR) is 101 cm³/mol. The van der Waals surface area contributed by atoms with Gasteiger partial charge in [0.15, 0.2) is 11.5 Å². The molecule has 8 heteroatoms. The number of methoxy groups -OCH3 is 1. The maximum atomic E-state index is 11.9. The molecule has 1 amide bonds. The molecule has 1 N–H and O–H groups in total. The first-order valence-corrected chi connectivity index (χ1v) is 9.12. The minimum absolute atomic E-state index is 0.0485. The minimum atomic E-state index is -0.0485. The summed E-state index contributed by atoms with van der Waals surface area (Å²) in [6, 6.07) is 9.07. The highest BCUT2D eigenvalue weighted by Gasteiger charge is 2.13. The summed E-state index contributed by atoms with van der Waals surface area (Å²) in [6.07, 6.45) is 3.08. The van der Waals surface area contributed by atoms with Crippen molar-refractivity contribution in [1.82, 2.24) is 15.5 Å². The van der Waals surface area contributed by atoms with Crippen LogP contribution in [-0.4, -0.2) is 29.8 Å². The Morgan fingerprint density at radius 1 is 1.25 bits per heavy atom. The number of amides is 1. The zero-order chi connectivity index (χ0) is 19.8. The number of hydrogen-bond acceptors (Lipinski definition) is 7. The molecule has 3 rings (SSSR count). The largest absolute Gasteiger partial charge is 0.493 e. The van der Waals surface area contributed by atoms with Gasteiger partial charge in [0, 0.05) is 18.4 Å². The van der Waals surface area contributed by atoms with Crippen LogP contribution in [0.15, 0.2) is 45.5 Å². The van der Waals surface area contributed by atoms with Crippen LogP contribution in [0.4, 0.5) is 0 Å². The molecule has 0 aliphatic carbocycles. The average molecular weight is 385 g/mol. The molecule has 0 aliphatic rings. The van der Waals surface area contributed by atoms with Gasteiger partial charge in [-0.2, -0.15) is 4.98 Å². The van der Waals surface area contributed by atoms with E-state index in [2.05, 4.69) is 15.5 Å². The minimum Gasteiger partial charge on any atom is -0.493 e. The Balaban J connectivity index is 1.51. The number of rotatable bonds is 10. The fourth-order valence-electron chi connectivity index (χ4n) is 2.65. The second kappa shape index (κ2) is 9.59. The third-order valence-electron chi connectivity index (χ3n) is 4.02. The summed E-state index contributed by atoms with van der Waals surface area (Å²) >= 11 is 0. The third kappa shape index (κ3) is 5.12. The Kier molecular flexibility index (Phi) is 6.67. The standard InChI is InChI=1S/C20H23N3O5/c1-3-26-17-12-14(9-10-16(17)25-2)20-22-19(28-23-20)8-4-7-18(24)21-13-15-6-5-11-27-15/h5-6,9-12H,3-4,7-8,13H2,1-2H3,(H,21,24). The van der Waals surface area contributed by atoms with Gasteiger partial charge in [-0.15, -0.1) is 0 Å². The normalized spacial score (nSPS) is 10.6. The van der Waals surface area contributed by atoms with Crippen molar-refractivity contribution in [3.63, 3.8) is 0 Å². The third-order valence-corrected chi connectivity index (χ3v) is 4.02. The lowest BCUT2D eigenvalue weighted by Gasteiger charge is -2.09. The molecule has 0 saturated carbocycles. The van der Waals surface area contributed by atoms with Gasteiger partial charge in [0.1, 0.15) is 5.76 Å². The van der Waals surface area contributed by atoms with E-state index in [0.717, 1.165) is 11.3 Å². The zero-order valence-electron chi connectivity index (χ0n) is 15.9. The highest BCUT2D eigenvalue weighted by molar-refractivity contribution is 5.75. The van der Waals surface area contributed by atoms with Gasteiger partial charge in [-0.3, -0.25) is 4.79 Å². The van der Waals surface area contributed by atoms with Crippen LogP contribution < -0.4 is 14.8 Å². The van der Waals surface area contributed by atoms with Crippen molar-refractivity contribution in [1.29, 1.82) is 0 Å². The number of furan rings is 1. The first kappa shape index (κ1) is 19.5. The van der Waals surface area contributed by atoms with E-state index < -0.39 is 0 Å². The number of carbonyl (C=O) groups is 1. The van der Waals surface area contributed by atoms with Gasteiger partial charge in [0.25, 0.3) is 0 Å². The summed E-state index contributed by atoms with van der Waals surface area (Å²) in [5, 5.41) is 6.82. The van der Waals surface area contributed by atoms with Crippen LogP contribution in [0.3, 0.4) is 0 Å². The first-order valence-electron chi connectivity index (χ1n) is 9.12. The topological polar surface area (TPSA) is 99.6 Å². The van der Waals surface area contributed by atoms with Crippen molar-refractivity contribution < 1.29 is 23.2 Å². The number of hydrogen-bond donors (Lipinski definition) is 1. The Morgan fingerprint density at radius 2 is 2.14 bits per heavy atom. The van der Waals surface area contributed by atoms with Crippen molar-refractivity contribution in [3.8, 4) is 22.9 Å². The van der Waals surface area contributed by atoms with Gasteiger partial charge in [-0.1, -0.05) is 5.16 Å². The number of nitrogens with zero attached hydrogens (tertiary/aromatic N) is 2. The highest BCUT2D eigenvalue weighted by atomic mass is 16.5. The van der Waals surface area contributed by atoms with E-state index in [4.69, 9.17) is 18.4 Å². The molecule has 148 valence electrons. The molecule has 0 unspecified atom stereocenters. The van der Waals surface area contributed by atoms with Crippen LogP contribution in [0.5, 0.6) is 11.5 Å². The van der Waals surface area contributed by atoms with Crippen molar-refractivity contribution in [2.75, 3.05) is 13.7 Å². The highest BCUT2D eigenvalue weighted by Crippen LogP contribution is 2.31. The second-order valence-corrected chi connectivity index (χ2v) is 6.02. The molecule has 0 radical (unpaired) electrons. The Hall–Kier alpha value is -3.29. The lowest BCUT2D eigenvalue weighted by molar-refractivity contribution is -0.121. The van der Waals surface area contributed by atoms with Gasteiger partial charge in [0.2, 0.25) is 17.6 Å². The summed E-state index contributed by atoms with van der Waals surface area (Å²) in [7, 11) is 1.59. The molecule has 0 atom stereocenters. The van der Waals surface area contributed by atoms with Crippen molar-refractivity contribution in [2.24, 2.45) is 0 Å². The summed E-state index contributed by atoms with van der Waals surface area (Å²) in [5.41, 5.74) is 0.774. The molecule has 0 aliphatic heterocycles. The number of benzene rings is 1. The van der Waals surface area contributed by atoms with Crippen LogP contribution in [0, 0.1) is 0 Å². The predicted octanol–water partition coefficient (Wildman–Crippen LogP) is 3.38. The van der Waals surface area contributed by atoms with Crippen LogP contribution in [0.25, 0.3) is 11.4 Å². The number of nitrogens with one attached hydrogen (secondary N) is 1. The lowest BCUT2D eigenvalue weighted by Crippen LogP contribution is -2.22. The molecule has 0 saturated heterocycles. The summed E-state index contributed by atoms with van der Waals surface area (Å²) in [5.74, 6) is 2.91. The van der Waals surface area contributed by atoms with Crippen molar-refractivity contribution in [3.05, 3.63) is 48.2 Å². The molecule has 3 aromatic rings. The fourth-order valence-corrected chi connectivity index (χ4v) is 2.65. The van der Waals surface area contributed by atoms with Crippen LogP contribution >= 0.6 is 0 Å². The summed E-state index contributed by atoms with van der Waals surface area (Å²) < 4.78 is 21.3. The maximum Gasteiger partial charge on any atom is 0.226 e. The van der Waals surface area contributed by atoms with Crippen LogP contribution in [0.2, 0.25) is 0 Å². The molecule has 28 heavy (non-hydrogen) atoms. The van der Waals surface area contributed by atoms with Gasteiger partial charge in [0.05, 0.1) is 26.5 Å². The van der Waals surface area contributed by atoms with Crippen LogP contribution in [0.1, 0.15) is 31.4 Å². The number of carbonyl (C=O) groups excluding carboxylic acids is 1. The molecule has 0 fully saturated rings. The Morgan fingerprint density at radius 3 is 2.89 bits per heavy atom. The molecule has 8 nitrogen and oxygen atoms in total. The van der Waals surface area contributed by atoms with E-state index in [9.17, 15) is 4.79 Å². The number of aromatic nitrogens is 2. The molecular formula is C20H23N3O5. The van der Waals surface area contributed by atoms with Crippen molar-refractivity contribution in [2.45, 2.75) is 32.7 Å². The van der Waals surface area contributed by atoms with E-state index >= 15 is 0 Å². The van der Waals surface area contributed by atoms with Gasteiger partial charge >= 0.3 is 0 Å². The summed E-state index contributed by atoms with van der Waals surface area (Å²) in [4.78, 5) is 16.3. The van der Waals surface area contributed by atoms with E-state index in [1.54, 1.807) is 25.5 Å². The number of ether oxygens (including phenoxy) is 2. The van der Waals surface area contributed by atoms with Gasteiger partial charge < -0.3 is 23.7 Å². The second-order valence-electron chi connectivity index (χ2n) is 6.02. The van der Waals surface area contributed by atoms with E-state index in [0.29, 0.717) is 55.6 Å². The lowest BCUT2D eigenvalue weighted by atomic mass is 10.2. The molecule has 1 aromatic carbocycles. The monoisotopic (exact) mass is 385 g/mol. The quantitative estimate of drug-likeness (QED) is 0.571. The van der Waals surface area contributed by atoms with Crippen LogP contribution in [-0.2, 0) is 17.8 Å². The molecule has 2 heterocycles. The van der Waals surface area contributed by atoms with Gasteiger partial charge in [-0.05, 0) is 43.7 Å². The first-order chi connectivity index (χ1) is 13.7. The molecule has 0 spiro atoms. The average Bonchev–Trinajstić information content (AvgIpc) is 3.39. The Labute approximate surface area is 162 Å². The summed E-state index contributed by atoms with van der Waals surface area (Å²) in [6.45, 7) is 2.82. The Bertz CT molecular complexity index is 889. The SMILES string of the molecule is CCOc1cc(-c2noc(CCCC(=O)NCc3ccco3)n2)ccc1OC. The van der Waals surface area contributed by atoms with E-state index in [1.807, 2.05) is 25.1 Å². The van der Waals surface area contributed by atoms with Gasteiger partial charge in [-0.25, -0.2) is 0 Å². The maximum absolute atomic E-state index is 11.9.